The number of hydrogen-bond donors (Lipinski definition) is 0. The molecule has 0 aliphatic carbocycles. The number of hydrogen-bond acceptors (Lipinski definition) is 5. The van der Waals surface area contributed by atoms with E-state index in [-0.39, 0.29) is 17.6 Å². The minimum absolute atomic E-state index is 0.216. The minimum Gasteiger partial charge on any atom is -0.480 e. The summed E-state index contributed by atoms with van der Waals surface area (Å²) in [6.07, 6.45) is -3.23. The lowest BCUT2D eigenvalue weighted by Gasteiger charge is -2.32. The van der Waals surface area contributed by atoms with Crippen LogP contribution in [0.1, 0.15) is 28.8 Å². The van der Waals surface area contributed by atoms with Crippen molar-refractivity contribution in [3.05, 3.63) is 47.5 Å². The van der Waals surface area contributed by atoms with Crippen LogP contribution in [0.25, 0.3) is 0 Å². The molecule has 0 saturated carbocycles. The second-order valence-corrected chi connectivity index (χ2v) is 6.12. The lowest BCUT2D eigenvalue weighted by atomic mass is 10.1. The molecule has 2 aromatic rings. The van der Waals surface area contributed by atoms with Gasteiger partial charge in [-0.1, -0.05) is 0 Å². The van der Waals surface area contributed by atoms with Gasteiger partial charge in [0.1, 0.15) is 6.10 Å². The quantitative estimate of drug-likeness (QED) is 0.814. The van der Waals surface area contributed by atoms with E-state index in [2.05, 4.69) is 10.2 Å². The molecule has 1 atom stereocenters. The molecule has 1 unspecified atom stereocenters. The fourth-order valence-electron chi connectivity index (χ4n) is 2.85. The summed E-state index contributed by atoms with van der Waals surface area (Å²) in [5.74, 6) is 0.368. The van der Waals surface area contributed by atoms with Crippen LogP contribution < -0.4 is 9.47 Å². The number of halogens is 3. The number of methoxy groups -OCH3 is 1. The summed E-state index contributed by atoms with van der Waals surface area (Å²) in [5.41, 5.74) is -0.565. The monoisotopic (exact) mass is 381 g/mol. The number of nitrogens with zero attached hydrogens (tertiary/aromatic N) is 3. The second-order valence-electron chi connectivity index (χ2n) is 6.12. The van der Waals surface area contributed by atoms with Gasteiger partial charge in [-0.25, -0.2) is 0 Å². The number of aromatic nitrogens is 2. The van der Waals surface area contributed by atoms with Crippen molar-refractivity contribution in [2.75, 3.05) is 20.2 Å². The topological polar surface area (TPSA) is 64.6 Å². The van der Waals surface area contributed by atoms with Crippen LogP contribution in [-0.2, 0) is 6.18 Å². The van der Waals surface area contributed by atoms with Crippen molar-refractivity contribution >= 4 is 5.91 Å². The third-order valence-electron chi connectivity index (χ3n) is 4.24. The van der Waals surface area contributed by atoms with Crippen molar-refractivity contribution in [2.45, 2.75) is 25.1 Å². The fraction of sp³-hybridized carbons (Fsp3) is 0.389. The standard InChI is InChI=1S/C18H18F3N3O3/c1-26-15-8-9-16(23-22-15)27-14-3-2-10-24(11-14)17(25)12-4-6-13(7-5-12)18(19,20)21/h4-9,14H,2-3,10-11H2,1H3. The number of ether oxygens (including phenoxy) is 2. The Balaban J connectivity index is 1.63. The van der Waals surface area contributed by atoms with Crippen LogP contribution >= 0.6 is 0 Å². The second kappa shape index (κ2) is 7.81. The molecule has 1 fully saturated rings. The zero-order valence-electron chi connectivity index (χ0n) is 14.6. The van der Waals surface area contributed by atoms with Crippen molar-refractivity contribution in [3.63, 3.8) is 0 Å². The lowest BCUT2D eigenvalue weighted by Crippen LogP contribution is -2.44. The smallest absolute Gasteiger partial charge is 0.416 e. The maximum absolute atomic E-state index is 12.7. The van der Waals surface area contributed by atoms with Gasteiger partial charge in [-0.05, 0) is 37.1 Å². The third kappa shape index (κ3) is 4.66. The Bertz CT molecular complexity index is 779. The van der Waals surface area contributed by atoms with Crippen molar-refractivity contribution in [1.82, 2.24) is 15.1 Å². The van der Waals surface area contributed by atoms with E-state index in [1.54, 1.807) is 17.0 Å². The van der Waals surface area contributed by atoms with E-state index in [0.29, 0.717) is 24.8 Å². The molecule has 1 saturated heterocycles. The van der Waals surface area contributed by atoms with Crippen LogP contribution in [0.3, 0.4) is 0 Å². The zero-order chi connectivity index (χ0) is 19.4. The molecular formula is C18H18F3N3O3. The normalized spacial score (nSPS) is 17.5. The molecule has 1 aromatic heterocycles. The van der Waals surface area contributed by atoms with Crippen LogP contribution in [0.2, 0.25) is 0 Å². The van der Waals surface area contributed by atoms with Crippen LogP contribution in [0.5, 0.6) is 11.8 Å². The zero-order valence-corrected chi connectivity index (χ0v) is 14.6. The fourth-order valence-corrected chi connectivity index (χ4v) is 2.85. The first-order chi connectivity index (χ1) is 12.9. The molecule has 1 aliphatic heterocycles. The van der Waals surface area contributed by atoms with Crippen molar-refractivity contribution in [1.29, 1.82) is 0 Å². The first kappa shape index (κ1) is 18.9. The molecule has 0 spiro atoms. The minimum atomic E-state index is -4.43. The van der Waals surface area contributed by atoms with E-state index in [0.717, 1.165) is 25.0 Å². The first-order valence-corrected chi connectivity index (χ1v) is 8.38. The molecule has 9 heteroatoms. The highest BCUT2D eigenvalue weighted by atomic mass is 19.4. The number of likely N-dealkylation sites (tertiary alicyclic amines) is 1. The Hall–Kier alpha value is -2.84. The third-order valence-corrected chi connectivity index (χ3v) is 4.24. The average Bonchev–Trinajstić information content (AvgIpc) is 2.68. The van der Waals surface area contributed by atoms with Crippen molar-refractivity contribution < 1.29 is 27.4 Å². The SMILES string of the molecule is COc1ccc(OC2CCCN(C(=O)c3ccc(C(F)(F)F)cc3)C2)nn1. The Morgan fingerprint density at radius 3 is 2.37 bits per heavy atom. The van der Waals surface area contributed by atoms with E-state index < -0.39 is 11.7 Å². The van der Waals surface area contributed by atoms with Gasteiger partial charge in [-0.3, -0.25) is 4.79 Å². The first-order valence-electron chi connectivity index (χ1n) is 8.38. The van der Waals surface area contributed by atoms with E-state index in [1.165, 1.54) is 19.2 Å². The Kier molecular flexibility index (Phi) is 5.48. The Labute approximate surface area is 153 Å². The van der Waals surface area contributed by atoms with E-state index in [9.17, 15) is 18.0 Å². The molecule has 1 amide bonds. The van der Waals surface area contributed by atoms with Crippen LogP contribution in [-0.4, -0.2) is 47.3 Å². The van der Waals surface area contributed by atoms with Gasteiger partial charge in [-0.2, -0.15) is 13.2 Å². The van der Waals surface area contributed by atoms with Crippen molar-refractivity contribution in [2.24, 2.45) is 0 Å². The maximum Gasteiger partial charge on any atom is 0.416 e. The van der Waals surface area contributed by atoms with E-state index in [4.69, 9.17) is 9.47 Å². The summed E-state index contributed by atoms with van der Waals surface area (Å²) < 4.78 is 48.6. The highest BCUT2D eigenvalue weighted by Crippen LogP contribution is 2.29. The van der Waals surface area contributed by atoms with Gasteiger partial charge in [-0.15, -0.1) is 10.2 Å². The predicted octanol–water partition coefficient (Wildman–Crippen LogP) is 3.19. The average molecular weight is 381 g/mol. The highest BCUT2D eigenvalue weighted by molar-refractivity contribution is 5.94. The number of benzene rings is 1. The van der Waals surface area contributed by atoms with Gasteiger partial charge in [0.15, 0.2) is 0 Å². The Morgan fingerprint density at radius 2 is 1.78 bits per heavy atom. The van der Waals surface area contributed by atoms with E-state index >= 15 is 0 Å². The maximum atomic E-state index is 12.7. The van der Waals surface area contributed by atoms with E-state index in [1.807, 2.05) is 0 Å². The van der Waals surface area contributed by atoms with Gasteiger partial charge in [0.05, 0.1) is 19.2 Å². The summed E-state index contributed by atoms with van der Waals surface area (Å²) in [6.45, 7) is 0.849. The largest absolute Gasteiger partial charge is 0.480 e. The summed E-state index contributed by atoms with van der Waals surface area (Å²) in [7, 11) is 1.48. The van der Waals surface area contributed by atoms with Gasteiger partial charge in [0.2, 0.25) is 11.8 Å². The molecule has 3 rings (SSSR count). The molecule has 0 radical (unpaired) electrons. The molecule has 0 bridgehead atoms. The number of amides is 1. The molecule has 144 valence electrons. The summed E-state index contributed by atoms with van der Waals surface area (Å²) in [4.78, 5) is 14.2. The molecular weight excluding hydrogens is 363 g/mol. The van der Waals surface area contributed by atoms with Crippen molar-refractivity contribution in [3.8, 4) is 11.8 Å². The number of carbonyl (C=O) groups is 1. The molecule has 27 heavy (non-hydrogen) atoms. The summed E-state index contributed by atoms with van der Waals surface area (Å²) in [6, 6.07) is 7.48. The number of alkyl halides is 3. The summed E-state index contributed by atoms with van der Waals surface area (Å²) >= 11 is 0. The van der Waals surface area contributed by atoms with Gasteiger partial charge in [0, 0.05) is 24.2 Å². The summed E-state index contributed by atoms with van der Waals surface area (Å²) in [5, 5.41) is 7.72. The molecule has 2 heterocycles. The van der Waals surface area contributed by atoms with Gasteiger partial charge < -0.3 is 14.4 Å². The number of carbonyl (C=O) groups excluding carboxylic acids is 1. The predicted molar refractivity (Wildman–Crippen MR) is 89.6 cm³/mol. The van der Waals surface area contributed by atoms with Crippen LogP contribution in [0.4, 0.5) is 13.2 Å². The molecule has 1 aromatic carbocycles. The number of piperidine rings is 1. The van der Waals surface area contributed by atoms with Crippen LogP contribution in [0.15, 0.2) is 36.4 Å². The highest BCUT2D eigenvalue weighted by Gasteiger charge is 2.31. The Morgan fingerprint density at radius 1 is 1.11 bits per heavy atom. The lowest BCUT2D eigenvalue weighted by molar-refractivity contribution is -0.137. The molecule has 6 nitrogen and oxygen atoms in total. The van der Waals surface area contributed by atoms with Gasteiger partial charge in [0.25, 0.3) is 5.91 Å². The van der Waals surface area contributed by atoms with Gasteiger partial charge >= 0.3 is 6.18 Å². The van der Waals surface area contributed by atoms with Crippen LogP contribution in [0, 0.1) is 0 Å². The number of rotatable bonds is 4. The molecule has 0 N–H and O–H groups in total. The molecule has 1 aliphatic rings.